The summed E-state index contributed by atoms with van der Waals surface area (Å²) in [5, 5.41) is 28.7. The van der Waals surface area contributed by atoms with Crippen molar-refractivity contribution in [2.45, 2.75) is 32.0 Å². The molecule has 0 fully saturated rings. The van der Waals surface area contributed by atoms with Crippen molar-refractivity contribution in [2.75, 3.05) is 0 Å². The second-order valence-electron chi connectivity index (χ2n) is 7.37. The smallest absolute Gasteiger partial charge is 0.305 e. The van der Waals surface area contributed by atoms with E-state index in [4.69, 9.17) is 10.1 Å². The zero-order valence-corrected chi connectivity index (χ0v) is 17.1. The number of carbonyl (C=O) groups is 1. The van der Waals surface area contributed by atoms with Crippen LogP contribution in [0.3, 0.4) is 0 Å². The van der Waals surface area contributed by atoms with Crippen LogP contribution >= 0.6 is 0 Å². The zero-order chi connectivity index (χ0) is 22.4. The molecule has 0 radical (unpaired) electrons. The number of benzene rings is 2. The van der Waals surface area contributed by atoms with Gasteiger partial charge in [0.25, 0.3) is 0 Å². The standard InChI is InChI=1S/C25H24FNO4/c1-16-13-23(17-5-3-2-4-6-17)27-25(18-7-9-19(26)10-8-18)22(16)12-11-20(28)14-21(29)15-24(30)31/h2-13,20-21,28-29H,14-15H2,1H3,(H,30,31)/b12-11+/t20-,21-/m1/s1. The fourth-order valence-corrected chi connectivity index (χ4v) is 3.33. The first-order chi connectivity index (χ1) is 14.8. The molecule has 2 atom stereocenters. The van der Waals surface area contributed by atoms with Crippen molar-refractivity contribution in [3.05, 3.63) is 83.7 Å². The fraction of sp³-hybridized carbons (Fsp3) is 0.200. The second-order valence-corrected chi connectivity index (χ2v) is 7.37. The molecule has 31 heavy (non-hydrogen) atoms. The Morgan fingerprint density at radius 1 is 1.06 bits per heavy atom. The molecule has 0 aliphatic heterocycles. The highest BCUT2D eigenvalue weighted by molar-refractivity contribution is 5.77. The Morgan fingerprint density at radius 3 is 2.39 bits per heavy atom. The van der Waals surface area contributed by atoms with E-state index in [1.165, 1.54) is 18.2 Å². The number of rotatable bonds is 8. The van der Waals surface area contributed by atoms with Gasteiger partial charge in [-0.25, -0.2) is 9.37 Å². The third kappa shape index (κ3) is 6.07. The number of hydrogen-bond donors (Lipinski definition) is 3. The summed E-state index contributed by atoms with van der Waals surface area (Å²) in [7, 11) is 0. The molecule has 0 aliphatic rings. The van der Waals surface area contributed by atoms with E-state index >= 15 is 0 Å². The van der Waals surface area contributed by atoms with Crippen molar-refractivity contribution in [1.82, 2.24) is 4.98 Å². The number of nitrogens with zero attached hydrogens (tertiary/aromatic N) is 1. The van der Waals surface area contributed by atoms with E-state index in [0.717, 1.165) is 27.9 Å². The number of carboxylic acids is 1. The summed E-state index contributed by atoms with van der Waals surface area (Å²) >= 11 is 0. The van der Waals surface area contributed by atoms with Gasteiger partial charge in [0.05, 0.1) is 30.0 Å². The summed E-state index contributed by atoms with van der Waals surface area (Å²) in [6.07, 6.45) is 0.511. The number of carboxylic acid groups (broad SMARTS) is 1. The van der Waals surface area contributed by atoms with E-state index in [1.807, 2.05) is 43.3 Å². The Balaban J connectivity index is 1.98. The highest BCUT2D eigenvalue weighted by atomic mass is 19.1. The summed E-state index contributed by atoms with van der Waals surface area (Å²) in [6.45, 7) is 1.92. The number of pyridine rings is 1. The van der Waals surface area contributed by atoms with Gasteiger partial charge in [-0.1, -0.05) is 42.5 Å². The Kier molecular flexibility index (Phi) is 7.28. The van der Waals surface area contributed by atoms with Gasteiger partial charge < -0.3 is 15.3 Å². The van der Waals surface area contributed by atoms with Gasteiger partial charge in [0.15, 0.2) is 0 Å². The Bertz CT molecular complexity index is 1060. The van der Waals surface area contributed by atoms with Crippen LogP contribution in [0.5, 0.6) is 0 Å². The third-order valence-electron chi connectivity index (χ3n) is 4.86. The Labute approximate surface area is 180 Å². The average molecular weight is 421 g/mol. The summed E-state index contributed by atoms with van der Waals surface area (Å²) < 4.78 is 13.5. The van der Waals surface area contributed by atoms with Crippen LogP contribution in [0.15, 0.2) is 66.7 Å². The van der Waals surface area contributed by atoms with Gasteiger partial charge in [-0.15, -0.1) is 0 Å². The van der Waals surface area contributed by atoms with Gasteiger partial charge in [-0.05, 0) is 42.8 Å². The molecule has 3 aromatic rings. The lowest BCUT2D eigenvalue weighted by Gasteiger charge is -2.14. The number of aryl methyl sites for hydroxylation is 1. The van der Waals surface area contributed by atoms with Crippen LogP contribution in [-0.2, 0) is 4.79 Å². The van der Waals surface area contributed by atoms with Crippen molar-refractivity contribution >= 4 is 12.0 Å². The maximum Gasteiger partial charge on any atom is 0.305 e. The molecule has 1 heterocycles. The predicted octanol–water partition coefficient (Wildman–Crippen LogP) is 4.46. The van der Waals surface area contributed by atoms with Crippen LogP contribution in [0.1, 0.15) is 24.0 Å². The van der Waals surface area contributed by atoms with Crippen LogP contribution in [0.4, 0.5) is 4.39 Å². The van der Waals surface area contributed by atoms with Crippen molar-refractivity contribution < 1.29 is 24.5 Å². The molecule has 160 valence electrons. The van der Waals surface area contributed by atoms with Gasteiger partial charge in [-0.3, -0.25) is 4.79 Å². The summed E-state index contributed by atoms with van der Waals surface area (Å²) in [4.78, 5) is 15.5. The van der Waals surface area contributed by atoms with E-state index in [1.54, 1.807) is 18.2 Å². The molecule has 0 saturated carbocycles. The lowest BCUT2D eigenvalue weighted by molar-refractivity contribution is -0.139. The number of aliphatic hydroxyl groups excluding tert-OH is 2. The minimum absolute atomic E-state index is 0.0940. The second kappa shape index (κ2) is 10.1. The number of halogens is 1. The fourth-order valence-electron chi connectivity index (χ4n) is 3.33. The van der Waals surface area contributed by atoms with Crippen molar-refractivity contribution in [1.29, 1.82) is 0 Å². The molecule has 0 spiro atoms. The summed E-state index contributed by atoms with van der Waals surface area (Å²) in [6, 6.07) is 17.7. The van der Waals surface area contributed by atoms with E-state index in [2.05, 4.69) is 0 Å². The summed E-state index contributed by atoms with van der Waals surface area (Å²) in [5.41, 5.74) is 4.73. The molecule has 3 N–H and O–H groups in total. The van der Waals surface area contributed by atoms with Crippen LogP contribution in [0.25, 0.3) is 28.6 Å². The number of aliphatic hydroxyl groups is 2. The number of hydrogen-bond acceptors (Lipinski definition) is 4. The molecule has 0 amide bonds. The SMILES string of the molecule is Cc1cc(-c2ccccc2)nc(-c2ccc(F)cc2)c1/C=C/[C@@H](O)C[C@@H](O)CC(=O)O. The zero-order valence-electron chi connectivity index (χ0n) is 17.1. The maximum atomic E-state index is 13.5. The predicted molar refractivity (Wildman–Crippen MR) is 118 cm³/mol. The van der Waals surface area contributed by atoms with E-state index in [0.29, 0.717) is 5.69 Å². The molecule has 0 bridgehead atoms. The minimum atomic E-state index is -1.15. The first-order valence-electron chi connectivity index (χ1n) is 9.92. The largest absolute Gasteiger partial charge is 0.481 e. The summed E-state index contributed by atoms with van der Waals surface area (Å²) in [5.74, 6) is -1.47. The highest BCUT2D eigenvalue weighted by Crippen LogP contribution is 2.30. The molecule has 3 rings (SSSR count). The number of aromatic nitrogens is 1. The molecule has 5 nitrogen and oxygen atoms in total. The minimum Gasteiger partial charge on any atom is -0.481 e. The molecule has 1 aromatic heterocycles. The molecular formula is C25H24FNO4. The van der Waals surface area contributed by atoms with Gasteiger partial charge >= 0.3 is 5.97 Å². The van der Waals surface area contributed by atoms with Crippen molar-refractivity contribution in [3.63, 3.8) is 0 Å². The Hall–Kier alpha value is -3.35. The lowest BCUT2D eigenvalue weighted by atomic mass is 9.97. The average Bonchev–Trinajstić information content (AvgIpc) is 2.73. The van der Waals surface area contributed by atoms with Gasteiger partial charge in [0.1, 0.15) is 5.82 Å². The molecule has 0 saturated heterocycles. The maximum absolute atomic E-state index is 13.5. The first kappa shape index (κ1) is 22.3. The van der Waals surface area contributed by atoms with E-state index in [-0.39, 0.29) is 12.2 Å². The molecule has 2 aromatic carbocycles. The normalized spacial score (nSPS) is 13.3. The van der Waals surface area contributed by atoms with Gasteiger partial charge in [-0.2, -0.15) is 0 Å². The quantitative estimate of drug-likeness (QED) is 0.500. The molecule has 0 unspecified atom stereocenters. The molecular weight excluding hydrogens is 397 g/mol. The van der Waals surface area contributed by atoms with Gasteiger partial charge in [0, 0.05) is 23.1 Å². The van der Waals surface area contributed by atoms with Crippen LogP contribution in [0, 0.1) is 12.7 Å². The monoisotopic (exact) mass is 421 g/mol. The lowest BCUT2D eigenvalue weighted by Crippen LogP contribution is -2.19. The molecule has 6 heteroatoms. The molecule has 0 aliphatic carbocycles. The van der Waals surface area contributed by atoms with Crippen LogP contribution < -0.4 is 0 Å². The Morgan fingerprint density at radius 2 is 1.74 bits per heavy atom. The van der Waals surface area contributed by atoms with Crippen molar-refractivity contribution in [2.24, 2.45) is 0 Å². The highest BCUT2D eigenvalue weighted by Gasteiger charge is 2.15. The third-order valence-corrected chi connectivity index (χ3v) is 4.86. The van der Waals surface area contributed by atoms with Crippen molar-refractivity contribution in [3.8, 4) is 22.5 Å². The topological polar surface area (TPSA) is 90.7 Å². The van der Waals surface area contributed by atoms with Crippen LogP contribution in [0.2, 0.25) is 0 Å². The first-order valence-corrected chi connectivity index (χ1v) is 9.92. The number of aliphatic carboxylic acids is 1. The van der Waals surface area contributed by atoms with Gasteiger partial charge in [0.2, 0.25) is 0 Å². The van der Waals surface area contributed by atoms with E-state index in [9.17, 15) is 19.4 Å². The van der Waals surface area contributed by atoms with E-state index < -0.39 is 24.6 Å². The van der Waals surface area contributed by atoms with Crippen LogP contribution in [-0.4, -0.2) is 38.5 Å².